The monoisotopic (exact) mass is 337 g/mol. The molecule has 4 heteroatoms. The first kappa shape index (κ1) is 16.2. The summed E-state index contributed by atoms with van der Waals surface area (Å²) < 4.78 is 11.8. The number of rotatable bonds is 4. The third-order valence-electron chi connectivity index (χ3n) is 5.24. The average Bonchev–Trinajstić information content (AvgIpc) is 2.96. The summed E-state index contributed by atoms with van der Waals surface area (Å²) in [5.41, 5.74) is 3.10. The zero-order valence-corrected chi connectivity index (χ0v) is 14.7. The molecule has 2 aromatic carbocycles. The van der Waals surface area contributed by atoms with Crippen LogP contribution in [0.2, 0.25) is 0 Å². The maximum atomic E-state index is 12.8. The van der Waals surface area contributed by atoms with E-state index in [0.29, 0.717) is 22.9 Å². The van der Waals surface area contributed by atoms with Crippen molar-refractivity contribution < 1.29 is 14.3 Å². The highest BCUT2D eigenvalue weighted by Crippen LogP contribution is 2.47. The molecule has 1 N–H and O–H groups in total. The van der Waals surface area contributed by atoms with Crippen molar-refractivity contribution in [3.05, 3.63) is 47.5 Å². The SMILES string of the molecule is COc1cccc2c1-c1c(OC(C)C3CCCCN3)cccc1C2=O. The van der Waals surface area contributed by atoms with Crippen LogP contribution >= 0.6 is 0 Å². The summed E-state index contributed by atoms with van der Waals surface area (Å²) in [6, 6.07) is 11.7. The molecular weight excluding hydrogens is 314 g/mol. The van der Waals surface area contributed by atoms with Gasteiger partial charge in [0.05, 0.1) is 7.11 Å². The van der Waals surface area contributed by atoms with E-state index in [1.807, 2.05) is 36.4 Å². The molecule has 2 aromatic rings. The van der Waals surface area contributed by atoms with E-state index in [-0.39, 0.29) is 11.9 Å². The molecule has 1 aliphatic heterocycles. The topological polar surface area (TPSA) is 47.6 Å². The van der Waals surface area contributed by atoms with E-state index in [4.69, 9.17) is 9.47 Å². The van der Waals surface area contributed by atoms with E-state index in [1.54, 1.807) is 7.11 Å². The molecule has 2 aliphatic rings. The van der Waals surface area contributed by atoms with Crippen LogP contribution in [0.4, 0.5) is 0 Å². The van der Waals surface area contributed by atoms with Gasteiger partial charge in [0.1, 0.15) is 17.6 Å². The Kier molecular flexibility index (Phi) is 4.22. The Hall–Kier alpha value is -2.33. The fourth-order valence-corrected chi connectivity index (χ4v) is 3.93. The molecule has 0 radical (unpaired) electrons. The standard InChI is InChI=1S/C21H23NO3/c1-13(16-9-3-4-12-22-16)25-18-11-6-8-15-20(18)19-14(21(15)23)7-5-10-17(19)24-2/h5-8,10-11,13,16,22H,3-4,9,12H2,1-2H3. The van der Waals surface area contributed by atoms with Crippen molar-refractivity contribution >= 4 is 5.78 Å². The lowest BCUT2D eigenvalue weighted by molar-refractivity contribution is 0.104. The van der Waals surface area contributed by atoms with Gasteiger partial charge in [-0.3, -0.25) is 4.79 Å². The molecule has 25 heavy (non-hydrogen) atoms. The van der Waals surface area contributed by atoms with E-state index in [1.165, 1.54) is 12.8 Å². The maximum Gasteiger partial charge on any atom is 0.194 e. The predicted octanol–water partition coefficient (Wildman–Crippen LogP) is 3.82. The second kappa shape index (κ2) is 6.52. The minimum absolute atomic E-state index is 0.0396. The number of ether oxygens (including phenoxy) is 2. The first-order valence-electron chi connectivity index (χ1n) is 8.96. The van der Waals surface area contributed by atoms with Gasteiger partial charge in [0.2, 0.25) is 0 Å². The van der Waals surface area contributed by atoms with Crippen LogP contribution in [0.5, 0.6) is 11.5 Å². The van der Waals surface area contributed by atoms with Crippen molar-refractivity contribution in [2.45, 2.75) is 38.3 Å². The summed E-state index contributed by atoms with van der Waals surface area (Å²) >= 11 is 0. The van der Waals surface area contributed by atoms with Crippen LogP contribution in [0, 0.1) is 0 Å². The van der Waals surface area contributed by atoms with Gasteiger partial charge in [-0.15, -0.1) is 0 Å². The Morgan fingerprint density at radius 3 is 2.36 bits per heavy atom. The number of carbonyl (C=O) groups is 1. The summed E-state index contributed by atoms with van der Waals surface area (Å²) in [6.45, 7) is 3.14. The number of hydrogen-bond acceptors (Lipinski definition) is 4. The Bertz CT molecular complexity index is 809. The number of carbonyl (C=O) groups excluding carboxylic acids is 1. The Morgan fingerprint density at radius 1 is 1.04 bits per heavy atom. The number of nitrogens with one attached hydrogen (secondary N) is 1. The smallest absolute Gasteiger partial charge is 0.194 e. The number of fused-ring (bicyclic) bond motifs is 3. The minimum Gasteiger partial charge on any atom is -0.496 e. The quantitative estimate of drug-likeness (QED) is 0.786. The second-order valence-corrected chi connectivity index (χ2v) is 6.77. The largest absolute Gasteiger partial charge is 0.496 e. The third kappa shape index (κ3) is 2.71. The fraction of sp³-hybridized carbons (Fsp3) is 0.381. The van der Waals surface area contributed by atoms with Crippen molar-refractivity contribution in [1.29, 1.82) is 0 Å². The van der Waals surface area contributed by atoms with Gasteiger partial charge in [-0.05, 0) is 38.4 Å². The minimum atomic E-state index is 0.0396. The predicted molar refractivity (Wildman–Crippen MR) is 97.6 cm³/mol. The van der Waals surface area contributed by atoms with E-state index in [9.17, 15) is 4.79 Å². The zero-order valence-electron chi connectivity index (χ0n) is 14.7. The fourth-order valence-electron chi connectivity index (χ4n) is 3.93. The number of ketones is 1. The Labute approximate surface area is 148 Å². The van der Waals surface area contributed by atoms with Gasteiger partial charge >= 0.3 is 0 Å². The number of benzene rings is 2. The van der Waals surface area contributed by atoms with Crippen LogP contribution < -0.4 is 14.8 Å². The lowest BCUT2D eigenvalue weighted by atomic mass is 10.00. The van der Waals surface area contributed by atoms with Crippen molar-refractivity contribution in [3.63, 3.8) is 0 Å². The molecule has 130 valence electrons. The van der Waals surface area contributed by atoms with Gasteiger partial charge in [-0.2, -0.15) is 0 Å². The first-order chi connectivity index (χ1) is 12.2. The van der Waals surface area contributed by atoms with Gasteiger partial charge in [0.15, 0.2) is 5.78 Å². The van der Waals surface area contributed by atoms with Crippen molar-refractivity contribution in [3.8, 4) is 22.6 Å². The van der Waals surface area contributed by atoms with Gasteiger partial charge in [0, 0.05) is 28.3 Å². The number of piperidine rings is 1. The maximum absolute atomic E-state index is 12.8. The molecule has 4 rings (SSSR count). The van der Waals surface area contributed by atoms with Gasteiger partial charge in [-0.1, -0.05) is 30.7 Å². The van der Waals surface area contributed by atoms with Crippen LogP contribution in [0.25, 0.3) is 11.1 Å². The summed E-state index contributed by atoms with van der Waals surface area (Å²) in [5.74, 6) is 1.51. The summed E-state index contributed by atoms with van der Waals surface area (Å²) in [5, 5.41) is 3.54. The molecule has 1 heterocycles. The molecule has 1 fully saturated rings. The van der Waals surface area contributed by atoms with Crippen LogP contribution in [-0.2, 0) is 0 Å². The molecular formula is C21H23NO3. The Balaban J connectivity index is 1.74. The van der Waals surface area contributed by atoms with E-state index >= 15 is 0 Å². The molecule has 1 saturated heterocycles. The van der Waals surface area contributed by atoms with Gasteiger partial charge in [0.25, 0.3) is 0 Å². The highest BCUT2D eigenvalue weighted by molar-refractivity contribution is 6.23. The number of methoxy groups -OCH3 is 1. The lowest BCUT2D eigenvalue weighted by Gasteiger charge is -2.30. The molecule has 4 nitrogen and oxygen atoms in total. The van der Waals surface area contributed by atoms with Gasteiger partial charge < -0.3 is 14.8 Å². The molecule has 0 saturated carbocycles. The average molecular weight is 337 g/mol. The third-order valence-corrected chi connectivity index (χ3v) is 5.24. The molecule has 2 atom stereocenters. The summed E-state index contributed by atoms with van der Waals surface area (Å²) in [6.07, 6.45) is 3.62. The highest BCUT2D eigenvalue weighted by atomic mass is 16.5. The molecule has 2 unspecified atom stereocenters. The summed E-state index contributed by atoms with van der Waals surface area (Å²) in [4.78, 5) is 12.8. The van der Waals surface area contributed by atoms with Crippen molar-refractivity contribution in [2.75, 3.05) is 13.7 Å². The van der Waals surface area contributed by atoms with Crippen molar-refractivity contribution in [2.24, 2.45) is 0 Å². The molecule has 0 amide bonds. The molecule has 0 bridgehead atoms. The second-order valence-electron chi connectivity index (χ2n) is 6.77. The molecule has 0 aromatic heterocycles. The van der Waals surface area contributed by atoms with Crippen LogP contribution in [0.3, 0.4) is 0 Å². The first-order valence-corrected chi connectivity index (χ1v) is 8.96. The lowest BCUT2D eigenvalue weighted by Crippen LogP contribution is -2.44. The van der Waals surface area contributed by atoms with E-state index in [2.05, 4.69) is 12.2 Å². The molecule has 1 aliphatic carbocycles. The van der Waals surface area contributed by atoms with E-state index < -0.39 is 0 Å². The van der Waals surface area contributed by atoms with Crippen LogP contribution in [0.1, 0.15) is 42.1 Å². The normalized spacial score (nSPS) is 19.9. The zero-order chi connectivity index (χ0) is 17.4. The Morgan fingerprint density at radius 2 is 1.72 bits per heavy atom. The number of hydrogen-bond donors (Lipinski definition) is 1. The van der Waals surface area contributed by atoms with Crippen molar-refractivity contribution in [1.82, 2.24) is 5.32 Å². The highest BCUT2D eigenvalue weighted by Gasteiger charge is 2.33. The molecule has 0 spiro atoms. The van der Waals surface area contributed by atoms with Crippen LogP contribution in [0.15, 0.2) is 36.4 Å². The summed E-state index contributed by atoms with van der Waals surface area (Å²) in [7, 11) is 1.64. The van der Waals surface area contributed by atoms with Crippen LogP contribution in [-0.4, -0.2) is 31.6 Å². The van der Waals surface area contributed by atoms with Gasteiger partial charge in [-0.25, -0.2) is 0 Å². The van der Waals surface area contributed by atoms with E-state index in [0.717, 1.165) is 29.8 Å².